The van der Waals surface area contributed by atoms with Crippen LogP contribution < -0.4 is 0 Å². The van der Waals surface area contributed by atoms with Gasteiger partial charge in [-0.05, 0) is 44.6 Å². The number of hydrogen-bond donors (Lipinski definition) is 0. The molecule has 1 heterocycles. The molecule has 0 aromatic carbocycles. The topological polar surface area (TPSA) is 98.6 Å². The summed E-state index contributed by atoms with van der Waals surface area (Å²) in [5.41, 5.74) is 8.40. The molecule has 1 unspecified atom stereocenters. The van der Waals surface area contributed by atoms with Crippen LogP contribution in [0.5, 0.6) is 0 Å². The van der Waals surface area contributed by atoms with Crippen molar-refractivity contribution in [1.29, 1.82) is 0 Å². The van der Waals surface area contributed by atoms with Crippen LogP contribution in [0.2, 0.25) is 0 Å². The van der Waals surface area contributed by atoms with E-state index in [2.05, 4.69) is 10.0 Å². The van der Waals surface area contributed by atoms with Crippen molar-refractivity contribution in [2.75, 3.05) is 20.6 Å². The minimum atomic E-state index is -0.788. The lowest BCUT2D eigenvalue weighted by molar-refractivity contribution is -0.145. The molecule has 8 nitrogen and oxygen atoms in total. The Hall–Kier alpha value is -1.79. The van der Waals surface area contributed by atoms with Crippen molar-refractivity contribution in [3.63, 3.8) is 0 Å². The summed E-state index contributed by atoms with van der Waals surface area (Å²) in [7, 11) is 3.38. The van der Waals surface area contributed by atoms with Crippen molar-refractivity contribution in [3.05, 3.63) is 10.4 Å². The van der Waals surface area contributed by atoms with E-state index in [0.29, 0.717) is 13.0 Å². The lowest BCUT2D eigenvalue weighted by atomic mass is 9.70. The van der Waals surface area contributed by atoms with Gasteiger partial charge in [-0.15, -0.1) is 0 Å². The highest BCUT2D eigenvalue weighted by Gasteiger charge is 2.48. The Balaban J connectivity index is 2.31. The van der Waals surface area contributed by atoms with Gasteiger partial charge in [-0.2, -0.15) is 0 Å². The van der Waals surface area contributed by atoms with Crippen molar-refractivity contribution in [2.24, 2.45) is 10.5 Å². The predicted octanol–water partition coefficient (Wildman–Crippen LogP) is 3.51. The number of carbonyl (C=O) groups is 2. The van der Waals surface area contributed by atoms with Gasteiger partial charge in [-0.25, -0.2) is 0 Å². The molecule has 2 aliphatic rings. The normalized spacial score (nSPS) is 25.7. The molecule has 1 aliphatic carbocycles. The number of likely N-dealkylation sites (tertiary alicyclic amines) is 1. The van der Waals surface area contributed by atoms with Crippen molar-refractivity contribution in [2.45, 2.75) is 90.0 Å². The smallest absolute Gasteiger partial charge is 0.244 e. The molecule has 0 N–H and O–H groups in total. The van der Waals surface area contributed by atoms with Crippen LogP contribution in [0, 0.1) is 5.41 Å². The van der Waals surface area contributed by atoms with Crippen LogP contribution in [-0.4, -0.2) is 66.0 Å². The second kappa shape index (κ2) is 8.70. The van der Waals surface area contributed by atoms with Crippen molar-refractivity contribution in [1.82, 2.24) is 9.80 Å². The number of ether oxygens (including phenoxy) is 1. The summed E-state index contributed by atoms with van der Waals surface area (Å²) in [6, 6.07) is -1.37. The summed E-state index contributed by atoms with van der Waals surface area (Å²) in [6.45, 7) is 8.27. The molecule has 2 rings (SSSR count). The highest BCUT2D eigenvalue weighted by molar-refractivity contribution is 5.91. The zero-order chi connectivity index (χ0) is 21.1. The fourth-order valence-electron chi connectivity index (χ4n) is 4.49. The van der Waals surface area contributed by atoms with E-state index in [0.717, 1.165) is 32.1 Å². The van der Waals surface area contributed by atoms with Crippen molar-refractivity contribution < 1.29 is 14.3 Å². The number of azide groups is 1. The van der Waals surface area contributed by atoms with E-state index in [1.807, 2.05) is 27.7 Å². The summed E-state index contributed by atoms with van der Waals surface area (Å²) in [5, 5.41) is 3.93. The lowest BCUT2D eigenvalue weighted by Gasteiger charge is -2.40. The van der Waals surface area contributed by atoms with Crippen LogP contribution in [-0.2, 0) is 14.3 Å². The number of carbonyl (C=O) groups excluding carboxylic acids is 2. The summed E-state index contributed by atoms with van der Waals surface area (Å²) in [4.78, 5) is 32.4. The van der Waals surface area contributed by atoms with E-state index in [1.165, 1.54) is 4.90 Å². The molecular weight excluding hydrogens is 358 g/mol. The molecule has 0 aromatic heterocycles. The summed E-state index contributed by atoms with van der Waals surface area (Å²) < 4.78 is 6.08. The van der Waals surface area contributed by atoms with Gasteiger partial charge in [0, 0.05) is 32.0 Å². The standard InChI is InChI=1S/C20H35N5O3/c1-19(2,3)28-14-12-15(17(26)24(5)6)25(13-14)18(27)16(22-23-21)20(4)10-8-7-9-11-20/h14-16H,7-13H2,1-6H3/t14-,15+,16?/m1/s1. The average Bonchev–Trinajstić information content (AvgIpc) is 3.00. The first-order valence-electron chi connectivity index (χ1n) is 10.2. The lowest BCUT2D eigenvalue weighted by Crippen LogP contribution is -2.52. The number of amides is 2. The molecule has 158 valence electrons. The van der Waals surface area contributed by atoms with Gasteiger partial charge < -0.3 is 14.5 Å². The second-order valence-electron chi connectivity index (χ2n) is 9.65. The largest absolute Gasteiger partial charge is 0.371 e. The fraction of sp³-hybridized carbons (Fsp3) is 0.900. The Morgan fingerprint density at radius 1 is 1.25 bits per heavy atom. The molecule has 1 aliphatic heterocycles. The maximum Gasteiger partial charge on any atom is 0.244 e. The third kappa shape index (κ3) is 5.17. The Bertz CT molecular complexity index is 630. The quantitative estimate of drug-likeness (QED) is 0.406. The Morgan fingerprint density at radius 3 is 2.36 bits per heavy atom. The summed E-state index contributed by atoms with van der Waals surface area (Å²) >= 11 is 0. The van der Waals surface area contributed by atoms with Crippen LogP contribution in [0.1, 0.15) is 66.2 Å². The molecule has 1 saturated heterocycles. The molecule has 8 heteroatoms. The van der Waals surface area contributed by atoms with E-state index in [-0.39, 0.29) is 28.9 Å². The average molecular weight is 394 g/mol. The summed E-state index contributed by atoms with van der Waals surface area (Å²) in [6.07, 6.45) is 5.13. The Morgan fingerprint density at radius 2 is 1.86 bits per heavy atom. The third-order valence-corrected chi connectivity index (χ3v) is 5.85. The maximum absolute atomic E-state index is 13.5. The monoisotopic (exact) mass is 393 g/mol. The van der Waals surface area contributed by atoms with Crippen LogP contribution in [0.4, 0.5) is 0 Å². The first-order chi connectivity index (χ1) is 13.0. The van der Waals surface area contributed by atoms with Gasteiger partial charge in [0.2, 0.25) is 11.8 Å². The molecule has 3 atom stereocenters. The van der Waals surface area contributed by atoms with Gasteiger partial charge in [0.1, 0.15) is 12.1 Å². The fourth-order valence-corrected chi connectivity index (χ4v) is 4.49. The van der Waals surface area contributed by atoms with Crippen molar-refractivity contribution >= 4 is 11.8 Å². The van der Waals surface area contributed by atoms with E-state index in [9.17, 15) is 9.59 Å². The molecule has 2 fully saturated rings. The zero-order valence-corrected chi connectivity index (χ0v) is 18.1. The van der Waals surface area contributed by atoms with Gasteiger partial charge in [-0.1, -0.05) is 31.3 Å². The molecule has 28 heavy (non-hydrogen) atoms. The molecule has 0 bridgehead atoms. The number of nitrogens with zero attached hydrogens (tertiary/aromatic N) is 5. The van der Waals surface area contributed by atoms with E-state index in [4.69, 9.17) is 10.3 Å². The molecular formula is C20H35N5O3. The third-order valence-electron chi connectivity index (χ3n) is 5.85. The van der Waals surface area contributed by atoms with Gasteiger partial charge in [0.05, 0.1) is 11.7 Å². The minimum Gasteiger partial charge on any atom is -0.371 e. The minimum absolute atomic E-state index is 0.123. The first-order valence-corrected chi connectivity index (χ1v) is 10.2. The van der Waals surface area contributed by atoms with Gasteiger partial charge in [0.15, 0.2) is 0 Å². The Kier molecular flexibility index (Phi) is 6.99. The van der Waals surface area contributed by atoms with Gasteiger partial charge >= 0.3 is 0 Å². The molecule has 2 amide bonds. The van der Waals surface area contributed by atoms with E-state index in [1.54, 1.807) is 19.0 Å². The number of rotatable bonds is 5. The van der Waals surface area contributed by atoms with E-state index >= 15 is 0 Å². The highest BCUT2D eigenvalue weighted by Crippen LogP contribution is 2.42. The molecule has 1 saturated carbocycles. The van der Waals surface area contributed by atoms with E-state index < -0.39 is 12.1 Å². The molecule has 0 aromatic rings. The van der Waals surface area contributed by atoms with Gasteiger partial charge in [-0.3, -0.25) is 9.59 Å². The predicted molar refractivity (Wildman–Crippen MR) is 108 cm³/mol. The molecule has 0 spiro atoms. The molecule has 0 radical (unpaired) electrons. The zero-order valence-electron chi connectivity index (χ0n) is 18.1. The van der Waals surface area contributed by atoms with Crippen LogP contribution in [0.25, 0.3) is 10.4 Å². The maximum atomic E-state index is 13.5. The Labute approximate surface area is 168 Å². The second-order valence-corrected chi connectivity index (χ2v) is 9.65. The number of likely N-dealkylation sites (N-methyl/N-ethyl adjacent to an activating group) is 1. The van der Waals surface area contributed by atoms with Gasteiger partial charge in [0.25, 0.3) is 0 Å². The van der Waals surface area contributed by atoms with Crippen molar-refractivity contribution in [3.8, 4) is 0 Å². The van der Waals surface area contributed by atoms with Crippen LogP contribution in [0.3, 0.4) is 0 Å². The van der Waals surface area contributed by atoms with Crippen LogP contribution in [0.15, 0.2) is 5.11 Å². The van der Waals surface area contributed by atoms with Crippen LogP contribution >= 0.6 is 0 Å². The number of hydrogen-bond acceptors (Lipinski definition) is 4. The first kappa shape index (κ1) is 22.5. The highest BCUT2D eigenvalue weighted by atomic mass is 16.5. The summed E-state index contributed by atoms with van der Waals surface area (Å²) in [5.74, 6) is -0.371. The SMILES string of the molecule is CN(C)C(=O)[C@@H]1C[C@@H](OC(C)(C)C)CN1C(=O)C(N=[N+]=[N-])C1(C)CCCCC1.